The van der Waals surface area contributed by atoms with Crippen LogP contribution in [0.25, 0.3) is 0 Å². The molecule has 0 unspecified atom stereocenters. The molecule has 17 heavy (non-hydrogen) atoms. The van der Waals surface area contributed by atoms with Gasteiger partial charge in [0.15, 0.2) is 11.6 Å². The predicted molar refractivity (Wildman–Crippen MR) is 64.7 cm³/mol. The SMILES string of the molecule is COCCNCCN(C)c1ncnc(C)c1F. The fraction of sp³-hybridized carbons (Fsp3) is 0.636. The van der Waals surface area contributed by atoms with Crippen LogP contribution in [0.3, 0.4) is 0 Å². The topological polar surface area (TPSA) is 50.3 Å². The molecule has 1 aromatic heterocycles. The molecule has 0 aliphatic rings. The molecule has 0 atom stereocenters. The summed E-state index contributed by atoms with van der Waals surface area (Å²) >= 11 is 0. The Morgan fingerprint density at radius 3 is 2.88 bits per heavy atom. The van der Waals surface area contributed by atoms with Crippen LogP contribution >= 0.6 is 0 Å². The van der Waals surface area contributed by atoms with E-state index in [9.17, 15) is 4.39 Å². The first kappa shape index (κ1) is 13.8. The summed E-state index contributed by atoms with van der Waals surface area (Å²) in [4.78, 5) is 9.51. The minimum Gasteiger partial charge on any atom is -0.383 e. The molecule has 96 valence electrons. The second-order valence-electron chi connectivity index (χ2n) is 3.76. The van der Waals surface area contributed by atoms with Gasteiger partial charge in [0.2, 0.25) is 0 Å². The molecule has 0 bridgehead atoms. The molecule has 0 aromatic carbocycles. The van der Waals surface area contributed by atoms with Crippen molar-refractivity contribution in [2.75, 3.05) is 45.3 Å². The van der Waals surface area contributed by atoms with Crippen LogP contribution in [-0.4, -0.2) is 50.4 Å². The van der Waals surface area contributed by atoms with Gasteiger partial charge < -0.3 is 15.0 Å². The van der Waals surface area contributed by atoms with E-state index in [2.05, 4.69) is 15.3 Å². The number of methoxy groups -OCH3 is 1. The molecule has 1 N–H and O–H groups in total. The van der Waals surface area contributed by atoms with E-state index in [1.54, 1.807) is 18.9 Å². The van der Waals surface area contributed by atoms with E-state index in [-0.39, 0.29) is 5.82 Å². The highest BCUT2D eigenvalue weighted by atomic mass is 19.1. The van der Waals surface area contributed by atoms with Crippen LogP contribution in [0.1, 0.15) is 5.69 Å². The van der Waals surface area contributed by atoms with Gasteiger partial charge >= 0.3 is 0 Å². The van der Waals surface area contributed by atoms with Gasteiger partial charge in [0, 0.05) is 33.8 Å². The van der Waals surface area contributed by atoms with Gasteiger partial charge in [0.25, 0.3) is 0 Å². The average Bonchev–Trinajstić information content (AvgIpc) is 2.32. The van der Waals surface area contributed by atoms with Crippen molar-refractivity contribution in [3.63, 3.8) is 0 Å². The lowest BCUT2D eigenvalue weighted by atomic mass is 10.4. The molecule has 1 heterocycles. The zero-order chi connectivity index (χ0) is 12.7. The van der Waals surface area contributed by atoms with Gasteiger partial charge in [-0.2, -0.15) is 0 Å². The summed E-state index contributed by atoms with van der Waals surface area (Å²) in [6.07, 6.45) is 1.38. The summed E-state index contributed by atoms with van der Waals surface area (Å²) in [5.41, 5.74) is 0.370. The number of nitrogens with zero attached hydrogens (tertiary/aromatic N) is 3. The number of likely N-dealkylation sites (N-methyl/N-ethyl adjacent to an activating group) is 1. The Morgan fingerprint density at radius 1 is 1.41 bits per heavy atom. The molecule has 0 saturated heterocycles. The number of nitrogens with one attached hydrogen (secondary N) is 1. The number of rotatable bonds is 7. The second-order valence-corrected chi connectivity index (χ2v) is 3.76. The van der Waals surface area contributed by atoms with Crippen LogP contribution in [-0.2, 0) is 4.74 Å². The molecule has 0 aliphatic carbocycles. The lowest BCUT2D eigenvalue weighted by Gasteiger charge is -2.19. The third-order valence-corrected chi connectivity index (χ3v) is 2.41. The molecule has 1 aromatic rings. The highest BCUT2D eigenvalue weighted by Crippen LogP contribution is 2.14. The number of ether oxygens (including phenoxy) is 1. The molecule has 0 saturated carbocycles. The van der Waals surface area contributed by atoms with Gasteiger partial charge in [-0.3, -0.25) is 0 Å². The van der Waals surface area contributed by atoms with Gasteiger partial charge in [0.05, 0.1) is 12.3 Å². The maximum absolute atomic E-state index is 13.7. The van der Waals surface area contributed by atoms with Gasteiger partial charge in [-0.25, -0.2) is 14.4 Å². The van der Waals surface area contributed by atoms with Crippen LogP contribution < -0.4 is 10.2 Å². The number of hydrogen-bond donors (Lipinski definition) is 1. The first-order chi connectivity index (χ1) is 8.16. The van der Waals surface area contributed by atoms with Crippen LogP contribution in [0.5, 0.6) is 0 Å². The van der Waals surface area contributed by atoms with E-state index in [0.717, 1.165) is 13.1 Å². The highest BCUT2D eigenvalue weighted by molar-refractivity contribution is 5.39. The smallest absolute Gasteiger partial charge is 0.186 e. The molecular formula is C11H19FN4O. The van der Waals surface area contributed by atoms with Gasteiger partial charge in [0.1, 0.15) is 6.33 Å². The Balaban J connectivity index is 2.41. The Labute approximate surface area is 101 Å². The average molecular weight is 242 g/mol. The molecule has 0 radical (unpaired) electrons. The van der Waals surface area contributed by atoms with Crippen molar-refractivity contribution in [1.29, 1.82) is 0 Å². The van der Waals surface area contributed by atoms with Crippen molar-refractivity contribution in [1.82, 2.24) is 15.3 Å². The van der Waals surface area contributed by atoms with E-state index in [0.29, 0.717) is 24.7 Å². The maximum Gasteiger partial charge on any atom is 0.186 e. The number of hydrogen-bond acceptors (Lipinski definition) is 5. The fourth-order valence-electron chi connectivity index (χ4n) is 1.36. The molecule has 1 rings (SSSR count). The fourth-order valence-corrected chi connectivity index (χ4v) is 1.36. The van der Waals surface area contributed by atoms with Crippen LogP contribution in [0, 0.1) is 12.7 Å². The minimum atomic E-state index is -0.355. The monoisotopic (exact) mass is 242 g/mol. The summed E-state index contributed by atoms with van der Waals surface area (Å²) in [7, 11) is 3.47. The van der Waals surface area contributed by atoms with Crippen LogP contribution in [0.2, 0.25) is 0 Å². The standard InChI is InChI=1S/C11H19FN4O/c1-9-10(12)11(15-8-14-9)16(2)6-4-13-5-7-17-3/h8,13H,4-7H2,1-3H3. The summed E-state index contributed by atoms with van der Waals surface area (Å²) in [5.74, 6) is -0.0158. The summed E-state index contributed by atoms with van der Waals surface area (Å²) in [6, 6.07) is 0. The molecule has 6 heteroatoms. The van der Waals surface area contributed by atoms with Crippen LogP contribution in [0.4, 0.5) is 10.2 Å². The molecule has 0 amide bonds. The number of aromatic nitrogens is 2. The number of anilines is 1. The summed E-state index contributed by atoms with van der Waals surface area (Å²) in [5, 5.41) is 3.19. The van der Waals surface area contributed by atoms with Crippen molar-refractivity contribution in [3.8, 4) is 0 Å². The lowest BCUT2D eigenvalue weighted by molar-refractivity contribution is 0.200. The van der Waals surface area contributed by atoms with Gasteiger partial charge in [-0.1, -0.05) is 0 Å². The van der Waals surface area contributed by atoms with E-state index in [1.807, 2.05) is 7.05 Å². The van der Waals surface area contributed by atoms with Crippen LogP contribution in [0.15, 0.2) is 6.33 Å². The molecule has 0 fully saturated rings. The molecule has 5 nitrogen and oxygen atoms in total. The predicted octanol–water partition coefficient (Wildman–Crippen LogP) is 0.596. The Bertz CT molecular complexity index is 348. The minimum absolute atomic E-state index is 0.339. The third kappa shape index (κ3) is 4.24. The van der Waals surface area contributed by atoms with E-state index in [1.165, 1.54) is 6.33 Å². The van der Waals surface area contributed by atoms with E-state index < -0.39 is 0 Å². The molecular weight excluding hydrogens is 223 g/mol. The first-order valence-electron chi connectivity index (χ1n) is 5.54. The summed E-state index contributed by atoms with van der Waals surface area (Å²) < 4.78 is 18.6. The number of halogens is 1. The summed E-state index contributed by atoms with van der Waals surface area (Å²) in [6.45, 7) is 4.52. The van der Waals surface area contributed by atoms with Gasteiger partial charge in [-0.15, -0.1) is 0 Å². The Morgan fingerprint density at radius 2 is 2.18 bits per heavy atom. The lowest BCUT2D eigenvalue weighted by Crippen LogP contribution is -2.32. The van der Waals surface area contributed by atoms with Crippen molar-refractivity contribution >= 4 is 5.82 Å². The molecule has 0 spiro atoms. The largest absolute Gasteiger partial charge is 0.383 e. The third-order valence-electron chi connectivity index (χ3n) is 2.41. The Kier molecular flexibility index (Phi) is 5.79. The van der Waals surface area contributed by atoms with Crippen molar-refractivity contribution < 1.29 is 9.13 Å². The van der Waals surface area contributed by atoms with Crippen molar-refractivity contribution in [2.45, 2.75) is 6.92 Å². The first-order valence-corrected chi connectivity index (χ1v) is 5.54. The number of aryl methyl sites for hydroxylation is 1. The quantitative estimate of drug-likeness (QED) is 0.709. The second kappa shape index (κ2) is 7.13. The zero-order valence-corrected chi connectivity index (χ0v) is 10.5. The Hall–Kier alpha value is -1.27. The molecule has 0 aliphatic heterocycles. The van der Waals surface area contributed by atoms with Gasteiger partial charge in [-0.05, 0) is 6.92 Å². The van der Waals surface area contributed by atoms with E-state index >= 15 is 0 Å². The van der Waals surface area contributed by atoms with E-state index in [4.69, 9.17) is 4.74 Å². The maximum atomic E-state index is 13.7. The van der Waals surface area contributed by atoms with Crippen molar-refractivity contribution in [2.24, 2.45) is 0 Å². The zero-order valence-electron chi connectivity index (χ0n) is 10.5. The highest BCUT2D eigenvalue weighted by Gasteiger charge is 2.11. The normalized spacial score (nSPS) is 10.6. The van der Waals surface area contributed by atoms with Crippen molar-refractivity contribution in [3.05, 3.63) is 17.8 Å².